The first-order valence-corrected chi connectivity index (χ1v) is 9.38. The Balaban J connectivity index is 1.50. The number of rotatable bonds is 7. The molecule has 0 bridgehead atoms. The molecule has 2 aliphatic rings. The van der Waals surface area contributed by atoms with Crippen molar-refractivity contribution in [1.29, 1.82) is 0 Å². The molecule has 3 rings (SSSR count). The summed E-state index contributed by atoms with van der Waals surface area (Å²) >= 11 is 0. The van der Waals surface area contributed by atoms with Gasteiger partial charge in [-0.15, -0.1) is 0 Å². The summed E-state index contributed by atoms with van der Waals surface area (Å²) in [4.78, 5) is 23.3. The van der Waals surface area contributed by atoms with Gasteiger partial charge in [0.15, 0.2) is 0 Å². The molecular formula is C20H27N3O2. The van der Waals surface area contributed by atoms with Crippen LogP contribution in [0.15, 0.2) is 35.4 Å². The zero-order valence-corrected chi connectivity index (χ0v) is 14.7. The molecule has 1 fully saturated rings. The molecule has 1 heterocycles. The highest BCUT2D eigenvalue weighted by atomic mass is 16.2. The molecule has 2 amide bonds. The fourth-order valence-corrected chi connectivity index (χ4v) is 3.88. The minimum absolute atomic E-state index is 0.0459. The highest BCUT2D eigenvalue weighted by molar-refractivity contribution is 5.94. The normalized spacial score (nSPS) is 19.2. The lowest BCUT2D eigenvalue weighted by molar-refractivity contribution is -0.121. The molecule has 0 unspecified atom stereocenters. The lowest BCUT2D eigenvalue weighted by atomic mass is 9.85. The number of carbonyl (C=O) groups is 2. The van der Waals surface area contributed by atoms with Crippen LogP contribution in [0.2, 0.25) is 0 Å². The molecule has 0 spiro atoms. The molecule has 25 heavy (non-hydrogen) atoms. The Labute approximate surface area is 149 Å². The number of benzene rings is 1. The number of nitrogens with one attached hydrogen (secondary N) is 2. The zero-order chi connectivity index (χ0) is 17.5. The molecule has 5 heteroatoms. The van der Waals surface area contributed by atoms with Gasteiger partial charge in [0.2, 0.25) is 11.8 Å². The molecule has 2 N–H and O–H groups in total. The van der Waals surface area contributed by atoms with E-state index in [4.69, 9.17) is 0 Å². The third-order valence-corrected chi connectivity index (χ3v) is 5.34. The molecule has 1 aromatic rings. The van der Waals surface area contributed by atoms with Crippen LogP contribution in [0.1, 0.15) is 62.8 Å². The van der Waals surface area contributed by atoms with Crippen LogP contribution in [0.25, 0.3) is 0 Å². The van der Waals surface area contributed by atoms with E-state index < -0.39 is 0 Å². The molecule has 0 saturated heterocycles. The van der Waals surface area contributed by atoms with Crippen LogP contribution in [-0.4, -0.2) is 24.1 Å². The van der Waals surface area contributed by atoms with E-state index in [-0.39, 0.29) is 11.8 Å². The molecule has 1 aliphatic heterocycles. The van der Waals surface area contributed by atoms with E-state index in [1.54, 1.807) is 0 Å². The minimum atomic E-state index is -0.0459. The standard InChI is InChI=1S/C20H27N3O2/c24-19(12-10-17-11-13-20(25)23-22-17)21-14-18(16-8-4-5-9-16)15-6-2-1-3-7-15/h1-3,6-7,16,18H,4-5,8-14H2,(H,21,24)(H,23,25)/t18-/m1/s1. The largest absolute Gasteiger partial charge is 0.355 e. The topological polar surface area (TPSA) is 70.6 Å². The van der Waals surface area contributed by atoms with Gasteiger partial charge in [0, 0.05) is 31.0 Å². The Kier molecular flexibility index (Phi) is 6.20. The van der Waals surface area contributed by atoms with Gasteiger partial charge in [0.1, 0.15) is 0 Å². The molecule has 134 valence electrons. The third-order valence-electron chi connectivity index (χ3n) is 5.34. The first kappa shape index (κ1) is 17.6. The maximum Gasteiger partial charge on any atom is 0.240 e. The van der Waals surface area contributed by atoms with Crippen LogP contribution >= 0.6 is 0 Å². The van der Waals surface area contributed by atoms with Crippen molar-refractivity contribution >= 4 is 17.5 Å². The Morgan fingerprint density at radius 3 is 2.64 bits per heavy atom. The van der Waals surface area contributed by atoms with E-state index in [2.05, 4.69) is 40.1 Å². The molecule has 0 radical (unpaired) electrons. The summed E-state index contributed by atoms with van der Waals surface area (Å²) in [6, 6.07) is 10.5. The molecule has 1 aliphatic carbocycles. The Morgan fingerprint density at radius 2 is 1.96 bits per heavy atom. The minimum Gasteiger partial charge on any atom is -0.355 e. The van der Waals surface area contributed by atoms with Crippen molar-refractivity contribution in [2.75, 3.05) is 6.54 Å². The highest BCUT2D eigenvalue weighted by Gasteiger charge is 2.26. The lowest BCUT2D eigenvalue weighted by Crippen LogP contribution is -2.32. The van der Waals surface area contributed by atoms with E-state index in [9.17, 15) is 9.59 Å². The molecular weight excluding hydrogens is 314 g/mol. The van der Waals surface area contributed by atoms with E-state index in [0.717, 1.165) is 5.71 Å². The van der Waals surface area contributed by atoms with Gasteiger partial charge < -0.3 is 5.32 Å². The van der Waals surface area contributed by atoms with Crippen LogP contribution < -0.4 is 10.7 Å². The average molecular weight is 341 g/mol. The maximum absolute atomic E-state index is 12.2. The number of hydrazone groups is 1. The highest BCUT2D eigenvalue weighted by Crippen LogP contribution is 2.36. The summed E-state index contributed by atoms with van der Waals surface area (Å²) in [5, 5.41) is 7.15. The summed E-state index contributed by atoms with van der Waals surface area (Å²) in [6.45, 7) is 0.705. The van der Waals surface area contributed by atoms with Crippen LogP contribution in [0.5, 0.6) is 0 Å². The van der Waals surface area contributed by atoms with Gasteiger partial charge in [-0.25, -0.2) is 5.43 Å². The summed E-state index contributed by atoms with van der Waals surface area (Å²) in [5.41, 5.74) is 4.72. The molecule has 1 atom stereocenters. The van der Waals surface area contributed by atoms with Crippen molar-refractivity contribution in [3.8, 4) is 0 Å². The van der Waals surface area contributed by atoms with Crippen molar-refractivity contribution in [2.24, 2.45) is 11.0 Å². The first-order valence-electron chi connectivity index (χ1n) is 9.38. The van der Waals surface area contributed by atoms with E-state index in [1.165, 1.54) is 31.2 Å². The smallest absolute Gasteiger partial charge is 0.240 e. The number of nitrogens with zero attached hydrogens (tertiary/aromatic N) is 1. The second kappa shape index (κ2) is 8.79. The summed E-state index contributed by atoms with van der Waals surface area (Å²) < 4.78 is 0. The quantitative estimate of drug-likeness (QED) is 0.800. The van der Waals surface area contributed by atoms with E-state index in [1.807, 2.05) is 6.07 Å². The third kappa shape index (κ3) is 5.15. The summed E-state index contributed by atoms with van der Waals surface area (Å²) in [6.07, 6.45) is 7.29. The molecule has 1 aromatic carbocycles. The van der Waals surface area contributed by atoms with Gasteiger partial charge in [-0.05, 0) is 37.2 Å². The van der Waals surface area contributed by atoms with Gasteiger partial charge in [-0.1, -0.05) is 43.2 Å². The molecule has 1 saturated carbocycles. The van der Waals surface area contributed by atoms with Crippen LogP contribution in [0.3, 0.4) is 0 Å². The summed E-state index contributed by atoms with van der Waals surface area (Å²) in [7, 11) is 0. The molecule has 5 nitrogen and oxygen atoms in total. The predicted molar refractivity (Wildman–Crippen MR) is 98.2 cm³/mol. The van der Waals surface area contributed by atoms with Crippen molar-refractivity contribution in [1.82, 2.24) is 10.7 Å². The van der Waals surface area contributed by atoms with Crippen molar-refractivity contribution in [3.63, 3.8) is 0 Å². The Bertz CT molecular complexity index is 621. The second-order valence-corrected chi connectivity index (χ2v) is 7.08. The predicted octanol–water partition coefficient (Wildman–Crippen LogP) is 3.12. The van der Waals surface area contributed by atoms with Crippen molar-refractivity contribution in [3.05, 3.63) is 35.9 Å². The first-order chi connectivity index (χ1) is 12.2. The summed E-state index contributed by atoms with van der Waals surface area (Å²) in [5.74, 6) is 1.09. The average Bonchev–Trinajstić information content (AvgIpc) is 3.17. The van der Waals surface area contributed by atoms with Crippen LogP contribution in [0.4, 0.5) is 0 Å². The van der Waals surface area contributed by atoms with Crippen molar-refractivity contribution in [2.45, 2.75) is 57.3 Å². The number of hydrogen-bond donors (Lipinski definition) is 2. The fourth-order valence-electron chi connectivity index (χ4n) is 3.88. The van der Waals surface area contributed by atoms with Gasteiger partial charge in [0.25, 0.3) is 0 Å². The van der Waals surface area contributed by atoms with Gasteiger partial charge in [-0.3, -0.25) is 9.59 Å². The number of hydrogen-bond acceptors (Lipinski definition) is 3. The Hall–Kier alpha value is -2.17. The van der Waals surface area contributed by atoms with E-state index >= 15 is 0 Å². The van der Waals surface area contributed by atoms with Crippen molar-refractivity contribution < 1.29 is 9.59 Å². The zero-order valence-electron chi connectivity index (χ0n) is 14.7. The van der Waals surface area contributed by atoms with Crippen LogP contribution in [-0.2, 0) is 9.59 Å². The second-order valence-electron chi connectivity index (χ2n) is 7.08. The van der Waals surface area contributed by atoms with Gasteiger partial charge in [-0.2, -0.15) is 5.10 Å². The maximum atomic E-state index is 12.2. The number of amides is 2. The fraction of sp³-hybridized carbons (Fsp3) is 0.550. The SMILES string of the molecule is O=C(CCC1=NNC(=O)CC1)NC[C@H](c1ccccc1)C1CCCC1. The van der Waals surface area contributed by atoms with E-state index in [0.29, 0.717) is 44.1 Å². The molecule has 0 aromatic heterocycles. The van der Waals surface area contributed by atoms with Gasteiger partial charge >= 0.3 is 0 Å². The Morgan fingerprint density at radius 1 is 1.20 bits per heavy atom. The number of carbonyl (C=O) groups excluding carboxylic acids is 2. The monoisotopic (exact) mass is 341 g/mol. The van der Waals surface area contributed by atoms with Gasteiger partial charge in [0.05, 0.1) is 0 Å². The lowest BCUT2D eigenvalue weighted by Gasteiger charge is -2.24. The van der Waals surface area contributed by atoms with Crippen LogP contribution in [0, 0.1) is 5.92 Å².